The Morgan fingerprint density at radius 3 is 2.89 bits per heavy atom. The number of hydrogen-bond donors (Lipinski definition) is 2. The Kier molecular flexibility index (Phi) is 4.52. The van der Waals surface area contributed by atoms with Crippen LogP contribution in [0.15, 0.2) is 11.2 Å². The lowest BCUT2D eigenvalue weighted by Gasteiger charge is -2.20. The zero-order valence-corrected chi connectivity index (χ0v) is 12.6. The fourth-order valence-electron chi connectivity index (χ4n) is 2.15. The maximum atomic E-state index is 10.1. The molecule has 106 valence electrons. The zero-order valence-electron chi connectivity index (χ0n) is 11.8. The zero-order chi connectivity index (χ0) is 13.9. The molecule has 0 radical (unpaired) electrons. The largest absolute Gasteiger partial charge is 0.388 e. The molecule has 1 unspecified atom stereocenters. The molecule has 0 saturated carbocycles. The first-order valence-electron chi connectivity index (χ1n) is 6.68. The van der Waals surface area contributed by atoms with Crippen molar-refractivity contribution >= 4 is 23.4 Å². The molecule has 19 heavy (non-hydrogen) atoms. The Morgan fingerprint density at radius 2 is 2.32 bits per heavy atom. The number of rotatable bonds is 5. The van der Waals surface area contributed by atoms with Crippen LogP contribution in [0.1, 0.15) is 26.7 Å². The predicted molar refractivity (Wildman–Crippen MR) is 80.0 cm³/mol. The van der Waals surface area contributed by atoms with E-state index in [2.05, 4.69) is 27.1 Å². The highest BCUT2D eigenvalue weighted by Crippen LogP contribution is 2.27. The summed E-state index contributed by atoms with van der Waals surface area (Å²) in [6, 6.07) is 1.97. The van der Waals surface area contributed by atoms with Gasteiger partial charge in [0, 0.05) is 25.7 Å². The summed E-state index contributed by atoms with van der Waals surface area (Å²) in [6.45, 7) is 6.38. The molecule has 2 rings (SSSR count). The van der Waals surface area contributed by atoms with Crippen LogP contribution in [0.3, 0.4) is 0 Å². The number of anilines is 2. The molecule has 1 fully saturated rings. The van der Waals surface area contributed by atoms with Crippen molar-refractivity contribution in [2.45, 2.75) is 37.4 Å². The summed E-state index contributed by atoms with van der Waals surface area (Å²) in [5.41, 5.74) is -0.610. The van der Waals surface area contributed by atoms with Gasteiger partial charge in [-0.25, -0.2) is 9.97 Å². The van der Waals surface area contributed by atoms with E-state index >= 15 is 0 Å². The minimum atomic E-state index is -0.610. The van der Waals surface area contributed by atoms with E-state index in [0.29, 0.717) is 6.54 Å². The van der Waals surface area contributed by atoms with E-state index in [0.717, 1.165) is 42.7 Å². The van der Waals surface area contributed by atoms with Crippen LogP contribution in [-0.2, 0) is 0 Å². The van der Waals surface area contributed by atoms with Crippen LogP contribution in [0.25, 0.3) is 0 Å². The molecule has 6 heteroatoms. The highest BCUT2D eigenvalue weighted by molar-refractivity contribution is 7.98. The lowest BCUT2D eigenvalue weighted by Crippen LogP contribution is -2.30. The van der Waals surface area contributed by atoms with Gasteiger partial charge in [0.1, 0.15) is 11.6 Å². The Labute approximate surface area is 118 Å². The minimum absolute atomic E-state index is 0.610. The molecule has 2 N–H and O–H groups in total. The molecular weight excluding hydrogens is 260 g/mol. The van der Waals surface area contributed by atoms with Gasteiger partial charge < -0.3 is 15.3 Å². The second-order valence-electron chi connectivity index (χ2n) is 5.19. The van der Waals surface area contributed by atoms with Crippen LogP contribution in [0.5, 0.6) is 0 Å². The second-order valence-corrected chi connectivity index (χ2v) is 5.97. The van der Waals surface area contributed by atoms with Crippen LogP contribution < -0.4 is 10.2 Å². The van der Waals surface area contributed by atoms with Crippen LogP contribution in [0.4, 0.5) is 11.6 Å². The normalized spacial score (nSPS) is 22.8. The standard InChI is InChI=1S/C13H22N4OS/c1-4-6-14-10-8-11(16-12(15-10)19-3)17-7-5-13(2,18)9-17/h8,18H,4-7,9H2,1-3H3,(H,14,15,16). The third-order valence-electron chi connectivity index (χ3n) is 3.21. The molecule has 2 heterocycles. The van der Waals surface area contributed by atoms with Crippen molar-refractivity contribution in [2.75, 3.05) is 36.1 Å². The maximum Gasteiger partial charge on any atom is 0.191 e. The number of thioether (sulfide) groups is 1. The number of nitrogens with one attached hydrogen (secondary N) is 1. The lowest BCUT2D eigenvalue weighted by molar-refractivity contribution is 0.0839. The van der Waals surface area contributed by atoms with Crippen molar-refractivity contribution in [1.82, 2.24) is 9.97 Å². The van der Waals surface area contributed by atoms with Crippen molar-refractivity contribution in [1.29, 1.82) is 0 Å². The lowest BCUT2D eigenvalue weighted by atomic mass is 10.1. The summed E-state index contributed by atoms with van der Waals surface area (Å²) in [6.07, 6.45) is 3.82. The molecule has 1 saturated heterocycles. The molecule has 0 spiro atoms. The number of β-amino-alcohol motifs (C(OH)–C–C–N with tert-alkyl or cyclic N) is 1. The molecule has 1 aromatic rings. The maximum absolute atomic E-state index is 10.1. The van der Waals surface area contributed by atoms with Crippen LogP contribution in [0, 0.1) is 0 Å². The van der Waals surface area contributed by atoms with Crippen LogP contribution in [-0.4, -0.2) is 46.6 Å². The van der Waals surface area contributed by atoms with Gasteiger partial charge in [-0.1, -0.05) is 18.7 Å². The molecule has 1 aliphatic heterocycles. The van der Waals surface area contributed by atoms with Gasteiger partial charge in [-0.15, -0.1) is 0 Å². The van der Waals surface area contributed by atoms with Gasteiger partial charge in [0.2, 0.25) is 0 Å². The third-order valence-corrected chi connectivity index (χ3v) is 3.75. The molecule has 0 aliphatic carbocycles. The summed E-state index contributed by atoms with van der Waals surface area (Å²) < 4.78 is 0. The van der Waals surface area contributed by atoms with E-state index in [1.54, 1.807) is 0 Å². The van der Waals surface area contributed by atoms with E-state index in [4.69, 9.17) is 0 Å². The SMILES string of the molecule is CCCNc1cc(N2CCC(C)(O)C2)nc(SC)n1. The smallest absolute Gasteiger partial charge is 0.191 e. The average Bonchev–Trinajstić information content (AvgIpc) is 2.76. The van der Waals surface area contributed by atoms with Crippen molar-refractivity contribution in [3.63, 3.8) is 0 Å². The fraction of sp³-hybridized carbons (Fsp3) is 0.692. The van der Waals surface area contributed by atoms with Gasteiger partial charge in [-0.05, 0) is 26.0 Å². The van der Waals surface area contributed by atoms with Crippen molar-refractivity contribution in [3.8, 4) is 0 Å². The van der Waals surface area contributed by atoms with Gasteiger partial charge in [0.15, 0.2) is 5.16 Å². The monoisotopic (exact) mass is 282 g/mol. The number of hydrogen-bond acceptors (Lipinski definition) is 6. The Balaban J connectivity index is 2.19. The molecule has 0 amide bonds. The summed E-state index contributed by atoms with van der Waals surface area (Å²) in [7, 11) is 0. The first-order chi connectivity index (χ1) is 9.04. The van der Waals surface area contributed by atoms with Gasteiger partial charge in [0.25, 0.3) is 0 Å². The molecule has 1 aromatic heterocycles. The molecule has 1 atom stereocenters. The van der Waals surface area contributed by atoms with Crippen molar-refractivity contribution in [3.05, 3.63) is 6.07 Å². The van der Waals surface area contributed by atoms with E-state index in [1.807, 2.05) is 19.2 Å². The number of nitrogens with zero attached hydrogens (tertiary/aromatic N) is 3. The summed E-state index contributed by atoms with van der Waals surface area (Å²) in [5, 5.41) is 14.1. The van der Waals surface area contributed by atoms with Crippen LogP contribution in [0.2, 0.25) is 0 Å². The molecular formula is C13H22N4OS. The highest BCUT2D eigenvalue weighted by Gasteiger charge is 2.32. The van der Waals surface area contributed by atoms with E-state index in [1.165, 1.54) is 11.8 Å². The molecule has 1 aliphatic rings. The summed E-state index contributed by atoms with van der Waals surface area (Å²) >= 11 is 1.54. The quantitative estimate of drug-likeness (QED) is 0.636. The Bertz CT molecular complexity index is 439. The van der Waals surface area contributed by atoms with Crippen molar-refractivity contribution < 1.29 is 5.11 Å². The van der Waals surface area contributed by atoms with Crippen LogP contribution >= 0.6 is 11.8 Å². The summed E-state index contributed by atoms with van der Waals surface area (Å²) in [4.78, 5) is 11.1. The third kappa shape index (κ3) is 3.73. The van der Waals surface area contributed by atoms with Gasteiger partial charge in [-0.2, -0.15) is 0 Å². The topological polar surface area (TPSA) is 61.3 Å². The van der Waals surface area contributed by atoms with E-state index in [9.17, 15) is 5.11 Å². The first kappa shape index (κ1) is 14.4. The predicted octanol–water partition coefficient (Wildman–Crippen LogP) is 1.98. The van der Waals surface area contributed by atoms with Gasteiger partial charge >= 0.3 is 0 Å². The van der Waals surface area contributed by atoms with Gasteiger partial charge in [-0.3, -0.25) is 0 Å². The second kappa shape index (κ2) is 5.96. The summed E-state index contributed by atoms with van der Waals surface area (Å²) in [5.74, 6) is 1.76. The molecule has 5 nitrogen and oxygen atoms in total. The highest BCUT2D eigenvalue weighted by atomic mass is 32.2. The Hall–Kier alpha value is -1.01. The van der Waals surface area contributed by atoms with E-state index < -0.39 is 5.60 Å². The number of aliphatic hydroxyl groups is 1. The van der Waals surface area contributed by atoms with E-state index in [-0.39, 0.29) is 0 Å². The molecule has 0 bridgehead atoms. The van der Waals surface area contributed by atoms with Crippen molar-refractivity contribution in [2.24, 2.45) is 0 Å². The fourth-order valence-corrected chi connectivity index (χ4v) is 2.52. The molecule has 0 aromatic carbocycles. The van der Waals surface area contributed by atoms with Gasteiger partial charge in [0.05, 0.1) is 5.60 Å². The number of aromatic nitrogens is 2. The minimum Gasteiger partial charge on any atom is -0.388 e. The first-order valence-corrected chi connectivity index (χ1v) is 7.91. The Morgan fingerprint density at radius 1 is 1.53 bits per heavy atom. The average molecular weight is 282 g/mol.